The van der Waals surface area contributed by atoms with Crippen LogP contribution in [0.3, 0.4) is 0 Å². The summed E-state index contributed by atoms with van der Waals surface area (Å²) in [6.07, 6.45) is 2.90. The molecule has 30 heavy (non-hydrogen) atoms. The summed E-state index contributed by atoms with van der Waals surface area (Å²) in [6.45, 7) is 7.71. The number of sulfonamides is 1. The zero-order chi connectivity index (χ0) is 21.6. The number of hydrogen-bond acceptors (Lipinski definition) is 7. The topological polar surface area (TPSA) is 113 Å². The lowest BCUT2D eigenvalue weighted by molar-refractivity contribution is 0.0531. The molecule has 12 heteroatoms. The van der Waals surface area contributed by atoms with Crippen LogP contribution in [-0.4, -0.2) is 69.2 Å². The Morgan fingerprint density at radius 2 is 2.03 bits per heavy atom. The average Bonchev–Trinajstić information content (AvgIpc) is 3.06. The van der Waals surface area contributed by atoms with Gasteiger partial charge in [-0.3, -0.25) is 4.99 Å². The van der Waals surface area contributed by atoms with Crippen molar-refractivity contribution in [2.24, 2.45) is 10.9 Å². The number of esters is 1. The lowest BCUT2D eigenvalue weighted by atomic mass is 9.98. The van der Waals surface area contributed by atoms with Crippen molar-refractivity contribution in [2.45, 2.75) is 39.7 Å². The maximum atomic E-state index is 12.0. The van der Waals surface area contributed by atoms with E-state index in [4.69, 9.17) is 4.74 Å². The third-order valence-electron chi connectivity index (χ3n) is 4.82. The van der Waals surface area contributed by atoms with Crippen molar-refractivity contribution in [1.82, 2.24) is 19.9 Å². The molecule has 0 aliphatic carbocycles. The monoisotopic (exact) mass is 573 g/mol. The predicted octanol–water partition coefficient (Wildman–Crippen LogP) is 2.14. The smallest absolute Gasteiger partial charge is 0.350 e. The van der Waals surface area contributed by atoms with E-state index in [2.05, 4.69) is 20.6 Å². The zero-order valence-electron chi connectivity index (χ0n) is 18.1. The minimum absolute atomic E-state index is 0. The normalized spacial score (nSPS) is 17.2. The highest BCUT2D eigenvalue weighted by atomic mass is 127. The highest BCUT2D eigenvalue weighted by molar-refractivity contribution is 14.0. The van der Waals surface area contributed by atoms with Crippen LogP contribution in [0.1, 0.15) is 53.1 Å². The van der Waals surface area contributed by atoms with Gasteiger partial charge in [-0.1, -0.05) is 0 Å². The van der Waals surface area contributed by atoms with Crippen LogP contribution >= 0.6 is 35.3 Å². The summed E-state index contributed by atoms with van der Waals surface area (Å²) in [7, 11) is -1.41. The molecule has 0 amide bonds. The zero-order valence-corrected chi connectivity index (χ0v) is 22.1. The number of halogens is 1. The Morgan fingerprint density at radius 1 is 1.40 bits per heavy atom. The molecule has 1 aromatic heterocycles. The molecule has 0 radical (unpaired) electrons. The van der Waals surface area contributed by atoms with Crippen LogP contribution in [0.25, 0.3) is 0 Å². The van der Waals surface area contributed by atoms with E-state index in [9.17, 15) is 13.2 Å². The first-order valence-corrected chi connectivity index (χ1v) is 12.4. The molecule has 0 bridgehead atoms. The standard InChI is InChI=1S/C18H31N5O4S2.HI/c1-6-27-17(24)15-12(2)21-16(28-15)13(3)22-18(19-4)20-11-14-7-9-23(10-8-14)29(5,25)26;/h13-14H,6-11H2,1-5H3,(H2,19,20,22);1H. The lowest BCUT2D eigenvalue weighted by Crippen LogP contribution is -2.44. The van der Waals surface area contributed by atoms with Gasteiger partial charge in [0.15, 0.2) is 5.96 Å². The molecule has 1 fully saturated rings. The first-order chi connectivity index (χ1) is 13.7. The fourth-order valence-electron chi connectivity index (χ4n) is 3.14. The highest BCUT2D eigenvalue weighted by Crippen LogP contribution is 2.24. The van der Waals surface area contributed by atoms with Crippen molar-refractivity contribution < 1.29 is 17.9 Å². The van der Waals surface area contributed by atoms with Gasteiger partial charge in [0.1, 0.15) is 9.88 Å². The maximum Gasteiger partial charge on any atom is 0.350 e. The van der Waals surface area contributed by atoms with E-state index in [1.54, 1.807) is 20.9 Å². The van der Waals surface area contributed by atoms with E-state index in [1.807, 2.05) is 6.92 Å². The summed E-state index contributed by atoms with van der Waals surface area (Å²) in [6, 6.07) is -0.125. The van der Waals surface area contributed by atoms with Crippen molar-refractivity contribution in [2.75, 3.05) is 39.5 Å². The number of piperidine rings is 1. The number of aryl methyl sites for hydroxylation is 1. The Kier molecular flexibility index (Phi) is 11.0. The highest BCUT2D eigenvalue weighted by Gasteiger charge is 2.25. The molecule has 1 unspecified atom stereocenters. The Bertz CT molecular complexity index is 836. The van der Waals surface area contributed by atoms with Gasteiger partial charge in [-0.25, -0.2) is 22.5 Å². The number of nitrogens with zero attached hydrogens (tertiary/aromatic N) is 3. The molecular weight excluding hydrogens is 541 g/mol. The van der Waals surface area contributed by atoms with Crippen LogP contribution in [0, 0.1) is 12.8 Å². The number of aliphatic imine (C=N–C) groups is 1. The van der Waals surface area contributed by atoms with Gasteiger partial charge in [0.05, 0.1) is 24.6 Å². The fraction of sp³-hybridized carbons (Fsp3) is 0.722. The molecule has 1 aromatic rings. The van der Waals surface area contributed by atoms with Gasteiger partial charge < -0.3 is 15.4 Å². The molecule has 9 nitrogen and oxygen atoms in total. The molecule has 1 atom stereocenters. The number of thiazole rings is 1. The SMILES string of the molecule is CCOC(=O)c1sc(C(C)NC(=NC)NCC2CCN(S(C)(=O)=O)CC2)nc1C.I. The third kappa shape index (κ3) is 7.61. The largest absolute Gasteiger partial charge is 0.462 e. The number of guanidine groups is 1. The van der Waals surface area contributed by atoms with Crippen LogP contribution in [0.2, 0.25) is 0 Å². The van der Waals surface area contributed by atoms with Gasteiger partial charge >= 0.3 is 5.97 Å². The number of ether oxygens (including phenoxy) is 1. The molecule has 1 aliphatic rings. The second kappa shape index (κ2) is 12.2. The maximum absolute atomic E-state index is 12.0. The number of aromatic nitrogens is 1. The van der Waals surface area contributed by atoms with Crippen LogP contribution in [-0.2, 0) is 14.8 Å². The van der Waals surface area contributed by atoms with Crippen LogP contribution in [0.15, 0.2) is 4.99 Å². The van der Waals surface area contributed by atoms with Gasteiger partial charge in [-0.05, 0) is 39.5 Å². The molecular formula is C18H32IN5O4S2. The van der Waals surface area contributed by atoms with Crippen molar-refractivity contribution in [3.05, 3.63) is 15.6 Å². The van der Waals surface area contributed by atoms with Crippen LogP contribution in [0.4, 0.5) is 0 Å². The summed E-state index contributed by atoms with van der Waals surface area (Å²) in [4.78, 5) is 21.3. The molecule has 0 aromatic carbocycles. The van der Waals surface area contributed by atoms with E-state index in [0.717, 1.165) is 24.4 Å². The Hall–Kier alpha value is -0.990. The quantitative estimate of drug-likeness (QED) is 0.223. The van der Waals surface area contributed by atoms with Gasteiger partial charge in [0.2, 0.25) is 10.0 Å². The number of carbonyl (C=O) groups is 1. The first-order valence-electron chi connectivity index (χ1n) is 9.72. The van der Waals surface area contributed by atoms with Crippen LogP contribution < -0.4 is 10.6 Å². The molecule has 1 aliphatic heterocycles. The lowest BCUT2D eigenvalue weighted by Gasteiger charge is -2.30. The predicted molar refractivity (Wildman–Crippen MR) is 130 cm³/mol. The van der Waals surface area contributed by atoms with Crippen molar-refractivity contribution in [3.8, 4) is 0 Å². The summed E-state index contributed by atoms with van der Waals surface area (Å²) >= 11 is 1.32. The van der Waals surface area contributed by atoms with Crippen molar-refractivity contribution in [1.29, 1.82) is 0 Å². The van der Waals surface area contributed by atoms with Gasteiger partial charge in [-0.15, -0.1) is 35.3 Å². The molecule has 2 N–H and O–H groups in total. The summed E-state index contributed by atoms with van der Waals surface area (Å²) in [5.41, 5.74) is 0.665. The molecule has 172 valence electrons. The summed E-state index contributed by atoms with van der Waals surface area (Å²) < 4.78 is 29.8. The van der Waals surface area contributed by atoms with E-state index in [0.29, 0.717) is 42.1 Å². The molecule has 2 rings (SSSR count). The van der Waals surface area contributed by atoms with E-state index < -0.39 is 10.0 Å². The molecule has 0 spiro atoms. The minimum atomic E-state index is -3.11. The Labute approximate surface area is 200 Å². The van der Waals surface area contributed by atoms with Crippen LogP contribution in [0.5, 0.6) is 0 Å². The second-order valence-corrected chi connectivity index (χ2v) is 10.1. The minimum Gasteiger partial charge on any atom is -0.462 e. The number of rotatable bonds is 7. The van der Waals surface area contributed by atoms with E-state index in [1.165, 1.54) is 21.9 Å². The van der Waals surface area contributed by atoms with Gasteiger partial charge in [0, 0.05) is 26.7 Å². The van der Waals surface area contributed by atoms with Crippen molar-refractivity contribution in [3.63, 3.8) is 0 Å². The number of hydrogen-bond donors (Lipinski definition) is 2. The molecule has 2 heterocycles. The Morgan fingerprint density at radius 3 is 2.57 bits per heavy atom. The Balaban J connectivity index is 0.00000450. The molecule has 1 saturated heterocycles. The number of nitrogens with one attached hydrogen (secondary N) is 2. The van der Waals surface area contributed by atoms with Gasteiger partial charge in [-0.2, -0.15) is 0 Å². The number of carbonyl (C=O) groups excluding carboxylic acids is 1. The fourth-order valence-corrected chi connectivity index (χ4v) is 4.97. The first kappa shape index (κ1) is 27.0. The third-order valence-corrected chi connectivity index (χ3v) is 7.45. The second-order valence-electron chi connectivity index (χ2n) is 7.11. The molecule has 0 saturated carbocycles. The van der Waals surface area contributed by atoms with E-state index in [-0.39, 0.29) is 36.0 Å². The summed E-state index contributed by atoms with van der Waals surface area (Å²) in [5, 5.41) is 7.40. The summed E-state index contributed by atoms with van der Waals surface area (Å²) in [5.74, 6) is 0.692. The van der Waals surface area contributed by atoms with Crippen molar-refractivity contribution >= 4 is 57.3 Å². The van der Waals surface area contributed by atoms with Gasteiger partial charge in [0.25, 0.3) is 0 Å². The van der Waals surface area contributed by atoms with E-state index >= 15 is 0 Å². The average molecular weight is 574 g/mol.